The minimum Gasteiger partial charge on any atom is -0.396 e. The van der Waals surface area contributed by atoms with Crippen LogP contribution in [-0.4, -0.2) is 36.6 Å². The second-order valence-corrected chi connectivity index (χ2v) is 5.42. The molecule has 0 spiro atoms. The molecule has 0 heterocycles. The van der Waals surface area contributed by atoms with E-state index in [1.165, 1.54) is 0 Å². The fourth-order valence-corrected chi connectivity index (χ4v) is 2.17. The molecular weight excluding hydrogens is 276 g/mol. The summed E-state index contributed by atoms with van der Waals surface area (Å²) in [5, 5.41) is 12.5. The zero-order valence-corrected chi connectivity index (χ0v) is 13.0. The molecule has 2 rings (SSSR count). The maximum Gasteiger partial charge on any atom is 0.226 e. The fraction of sp³-hybridized carbons (Fsp3) is 0.278. The molecule has 0 unspecified atom stereocenters. The maximum atomic E-state index is 11.7. The monoisotopic (exact) mass is 298 g/mol. The number of carbonyl (C=O) groups excluding carboxylic acids is 1. The van der Waals surface area contributed by atoms with E-state index in [4.69, 9.17) is 5.11 Å². The van der Waals surface area contributed by atoms with E-state index in [1.807, 2.05) is 48.5 Å². The highest BCUT2D eigenvalue weighted by Crippen LogP contribution is 2.21. The molecule has 0 aliphatic rings. The first-order valence-electron chi connectivity index (χ1n) is 7.35. The van der Waals surface area contributed by atoms with Gasteiger partial charge in [-0.15, -0.1) is 0 Å². The highest BCUT2D eigenvalue weighted by atomic mass is 16.3. The Morgan fingerprint density at radius 2 is 1.77 bits per heavy atom. The average Bonchev–Trinajstić information content (AvgIpc) is 2.51. The molecule has 0 saturated heterocycles. The zero-order valence-electron chi connectivity index (χ0n) is 13.0. The summed E-state index contributed by atoms with van der Waals surface area (Å²) in [5.41, 5.74) is 4.03. The SMILES string of the molecule is CN(C)C(=O)Cc1ccc(Nc2ccccc2CCO)cc1. The summed E-state index contributed by atoms with van der Waals surface area (Å²) >= 11 is 0. The lowest BCUT2D eigenvalue weighted by Gasteiger charge is -2.13. The number of para-hydroxylation sites is 1. The molecular formula is C18H22N2O2. The van der Waals surface area contributed by atoms with Gasteiger partial charge < -0.3 is 15.3 Å². The van der Waals surface area contributed by atoms with Crippen molar-refractivity contribution in [2.45, 2.75) is 12.8 Å². The van der Waals surface area contributed by atoms with Crippen molar-refractivity contribution in [2.24, 2.45) is 0 Å². The Morgan fingerprint density at radius 1 is 1.09 bits per heavy atom. The van der Waals surface area contributed by atoms with Crippen molar-refractivity contribution < 1.29 is 9.90 Å². The Labute approximate surface area is 131 Å². The first-order chi connectivity index (χ1) is 10.6. The molecule has 1 amide bonds. The van der Waals surface area contributed by atoms with Crippen molar-refractivity contribution in [2.75, 3.05) is 26.0 Å². The first-order valence-corrected chi connectivity index (χ1v) is 7.35. The normalized spacial score (nSPS) is 10.3. The van der Waals surface area contributed by atoms with Gasteiger partial charge in [0.2, 0.25) is 5.91 Å². The number of hydrogen-bond donors (Lipinski definition) is 2. The van der Waals surface area contributed by atoms with Gasteiger partial charge in [0.25, 0.3) is 0 Å². The van der Waals surface area contributed by atoms with Gasteiger partial charge in [-0.2, -0.15) is 0 Å². The number of nitrogens with one attached hydrogen (secondary N) is 1. The van der Waals surface area contributed by atoms with Crippen LogP contribution in [0.5, 0.6) is 0 Å². The van der Waals surface area contributed by atoms with Crippen LogP contribution in [0.1, 0.15) is 11.1 Å². The van der Waals surface area contributed by atoms with Crippen molar-refractivity contribution in [1.29, 1.82) is 0 Å². The number of aliphatic hydroxyl groups is 1. The zero-order chi connectivity index (χ0) is 15.9. The van der Waals surface area contributed by atoms with Crippen LogP contribution in [0.3, 0.4) is 0 Å². The fourth-order valence-electron chi connectivity index (χ4n) is 2.17. The standard InChI is InChI=1S/C18H22N2O2/c1-20(2)18(22)13-14-7-9-16(10-8-14)19-17-6-4-3-5-15(17)11-12-21/h3-10,19,21H,11-13H2,1-2H3. The van der Waals surface area contributed by atoms with Gasteiger partial charge >= 0.3 is 0 Å². The quantitative estimate of drug-likeness (QED) is 0.862. The molecule has 116 valence electrons. The van der Waals surface area contributed by atoms with E-state index in [1.54, 1.807) is 19.0 Å². The predicted octanol–water partition coefficient (Wildman–Crippen LogP) is 2.60. The van der Waals surface area contributed by atoms with Gasteiger partial charge in [-0.1, -0.05) is 30.3 Å². The molecule has 22 heavy (non-hydrogen) atoms. The molecule has 0 radical (unpaired) electrons. The third-order valence-corrected chi connectivity index (χ3v) is 3.49. The van der Waals surface area contributed by atoms with Crippen LogP contribution in [0.25, 0.3) is 0 Å². The molecule has 0 atom stereocenters. The summed E-state index contributed by atoms with van der Waals surface area (Å²) in [6, 6.07) is 15.8. The highest BCUT2D eigenvalue weighted by Gasteiger charge is 2.06. The van der Waals surface area contributed by atoms with Crippen molar-refractivity contribution in [1.82, 2.24) is 4.90 Å². The average molecular weight is 298 g/mol. The van der Waals surface area contributed by atoms with Crippen LogP contribution in [0, 0.1) is 0 Å². The Hall–Kier alpha value is -2.33. The predicted molar refractivity (Wildman–Crippen MR) is 89.4 cm³/mol. The lowest BCUT2D eigenvalue weighted by atomic mass is 10.1. The van der Waals surface area contributed by atoms with Gasteiger partial charge in [0.15, 0.2) is 0 Å². The molecule has 0 aromatic heterocycles. The maximum absolute atomic E-state index is 11.7. The molecule has 4 nitrogen and oxygen atoms in total. The summed E-state index contributed by atoms with van der Waals surface area (Å²) in [6.45, 7) is 0.129. The van der Waals surface area contributed by atoms with Crippen LogP contribution in [0.2, 0.25) is 0 Å². The van der Waals surface area contributed by atoms with E-state index in [0.29, 0.717) is 12.8 Å². The van der Waals surface area contributed by atoms with Crippen LogP contribution in [-0.2, 0) is 17.6 Å². The molecule has 2 N–H and O–H groups in total. The Morgan fingerprint density at radius 3 is 2.41 bits per heavy atom. The smallest absolute Gasteiger partial charge is 0.226 e. The van der Waals surface area contributed by atoms with E-state index >= 15 is 0 Å². The molecule has 0 aliphatic carbocycles. The number of hydrogen-bond acceptors (Lipinski definition) is 3. The Bertz CT molecular complexity index is 621. The summed E-state index contributed by atoms with van der Waals surface area (Å²) in [4.78, 5) is 13.3. The third kappa shape index (κ3) is 4.33. The van der Waals surface area contributed by atoms with E-state index in [9.17, 15) is 4.79 Å². The number of benzene rings is 2. The van der Waals surface area contributed by atoms with Gasteiger partial charge in [0, 0.05) is 32.1 Å². The molecule has 0 fully saturated rings. The first kappa shape index (κ1) is 16.0. The minimum absolute atomic E-state index is 0.0917. The number of aliphatic hydroxyl groups excluding tert-OH is 1. The second kappa shape index (κ2) is 7.61. The summed E-state index contributed by atoms with van der Waals surface area (Å²) in [5.74, 6) is 0.0917. The van der Waals surface area contributed by atoms with E-state index < -0.39 is 0 Å². The Balaban J connectivity index is 2.07. The molecule has 2 aromatic rings. The molecule has 4 heteroatoms. The lowest BCUT2D eigenvalue weighted by Crippen LogP contribution is -2.23. The van der Waals surface area contributed by atoms with Gasteiger partial charge in [-0.25, -0.2) is 0 Å². The number of likely N-dealkylation sites (N-methyl/N-ethyl adjacent to an activating group) is 1. The number of amides is 1. The Kier molecular flexibility index (Phi) is 5.55. The van der Waals surface area contributed by atoms with Gasteiger partial charge in [-0.3, -0.25) is 4.79 Å². The topological polar surface area (TPSA) is 52.6 Å². The second-order valence-electron chi connectivity index (χ2n) is 5.42. The van der Waals surface area contributed by atoms with Crippen LogP contribution in [0.15, 0.2) is 48.5 Å². The van der Waals surface area contributed by atoms with Crippen LogP contribution >= 0.6 is 0 Å². The summed E-state index contributed by atoms with van der Waals surface area (Å²) in [7, 11) is 3.52. The molecule has 0 aliphatic heterocycles. The van der Waals surface area contributed by atoms with Crippen molar-refractivity contribution in [3.63, 3.8) is 0 Å². The van der Waals surface area contributed by atoms with Gasteiger partial charge in [0.1, 0.15) is 0 Å². The number of anilines is 2. The molecule has 0 bridgehead atoms. The van der Waals surface area contributed by atoms with Gasteiger partial charge in [0.05, 0.1) is 6.42 Å². The van der Waals surface area contributed by atoms with Crippen molar-refractivity contribution >= 4 is 17.3 Å². The van der Waals surface area contributed by atoms with Crippen LogP contribution < -0.4 is 5.32 Å². The lowest BCUT2D eigenvalue weighted by molar-refractivity contribution is -0.127. The highest BCUT2D eigenvalue weighted by molar-refractivity contribution is 5.78. The van der Waals surface area contributed by atoms with Crippen molar-refractivity contribution in [3.05, 3.63) is 59.7 Å². The minimum atomic E-state index is 0.0917. The third-order valence-electron chi connectivity index (χ3n) is 3.49. The van der Waals surface area contributed by atoms with Crippen LogP contribution in [0.4, 0.5) is 11.4 Å². The van der Waals surface area contributed by atoms with E-state index in [2.05, 4.69) is 5.32 Å². The van der Waals surface area contributed by atoms with Crippen molar-refractivity contribution in [3.8, 4) is 0 Å². The molecule has 0 saturated carbocycles. The van der Waals surface area contributed by atoms with E-state index in [-0.39, 0.29) is 12.5 Å². The number of carbonyl (C=O) groups is 1. The molecule has 2 aromatic carbocycles. The summed E-state index contributed by atoms with van der Waals surface area (Å²) < 4.78 is 0. The number of nitrogens with zero attached hydrogens (tertiary/aromatic N) is 1. The largest absolute Gasteiger partial charge is 0.396 e. The number of rotatable bonds is 6. The summed E-state index contributed by atoms with van der Waals surface area (Å²) in [6.07, 6.45) is 1.03. The van der Waals surface area contributed by atoms with Gasteiger partial charge in [-0.05, 0) is 35.7 Å². The van der Waals surface area contributed by atoms with E-state index in [0.717, 1.165) is 22.5 Å².